The molecule has 35 heavy (non-hydrogen) atoms. The largest absolute Gasteiger partial charge is 0.372 e. The van der Waals surface area contributed by atoms with Crippen LogP contribution < -0.4 is 20.4 Å². The molecule has 4 rings (SSSR count). The lowest BCUT2D eigenvalue weighted by atomic mass is 10.0. The van der Waals surface area contributed by atoms with Crippen molar-refractivity contribution >= 4 is 46.0 Å². The van der Waals surface area contributed by atoms with E-state index in [9.17, 15) is 14.4 Å². The van der Waals surface area contributed by atoms with E-state index in [1.165, 1.54) is 11.8 Å². The zero-order valence-corrected chi connectivity index (χ0v) is 20.0. The van der Waals surface area contributed by atoms with E-state index in [0.717, 1.165) is 18.8 Å². The molecule has 0 saturated carbocycles. The zero-order valence-electron chi connectivity index (χ0n) is 20.0. The fourth-order valence-corrected chi connectivity index (χ4v) is 4.14. The van der Waals surface area contributed by atoms with E-state index in [0.29, 0.717) is 22.6 Å². The van der Waals surface area contributed by atoms with Gasteiger partial charge in [0, 0.05) is 37.1 Å². The second kappa shape index (κ2) is 10.3. The Labute approximate surface area is 205 Å². The summed E-state index contributed by atoms with van der Waals surface area (Å²) in [6.45, 7) is 7.43. The molecule has 7 heteroatoms. The highest BCUT2D eigenvalue weighted by Gasteiger charge is 2.40. The molecule has 178 valence electrons. The smallest absolute Gasteiger partial charge is 0.282 e. The highest BCUT2D eigenvalue weighted by Crippen LogP contribution is 2.34. The van der Waals surface area contributed by atoms with Crippen LogP contribution in [0.25, 0.3) is 5.57 Å². The maximum Gasteiger partial charge on any atom is 0.282 e. The van der Waals surface area contributed by atoms with E-state index in [-0.39, 0.29) is 17.2 Å². The Morgan fingerprint density at radius 3 is 1.97 bits per heavy atom. The fourth-order valence-electron chi connectivity index (χ4n) is 4.14. The molecule has 0 saturated heterocycles. The molecular weight excluding hydrogens is 440 g/mol. The van der Waals surface area contributed by atoms with E-state index in [4.69, 9.17) is 0 Å². The van der Waals surface area contributed by atoms with Gasteiger partial charge in [0.1, 0.15) is 5.70 Å². The second-order valence-corrected chi connectivity index (χ2v) is 8.13. The molecule has 7 nitrogen and oxygen atoms in total. The van der Waals surface area contributed by atoms with Gasteiger partial charge in [-0.1, -0.05) is 30.3 Å². The number of hydrogen-bond acceptors (Lipinski definition) is 5. The maximum atomic E-state index is 13.5. The number of rotatable bonds is 8. The monoisotopic (exact) mass is 468 g/mol. The Morgan fingerprint density at radius 1 is 0.800 bits per heavy atom. The van der Waals surface area contributed by atoms with Crippen LogP contribution in [0, 0.1) is 0 Å². The summed E-state index contributed by atoms with van der Waals surface area (Å²) >= 11 is 0. The van der Waals surface area contributed by atoms with Crippen LogP contribution in [0.5, 0.6) is 0 Å². The molecule has 0 bridgehead atoms. The third-order valence-electron chi connectivity index (χ3n) is 5.86. The molecule has 3 aromatic carbocycles. The number of nitrogens with zero attached hydrogens (tertiary/aromatic N) is 2. The molecule has 0 fully saturated rings. The average molecular weight is 469 g/mol. The Bertz CT molecular complexity index is 1260. The van der Waals surface area contributed by atoms with Gasteiger partial charge >= 0.3 is 0 Å². The molecule has 1 heterocycles. The first-order chi connectivity index (χ1) is 16.9. The van der Waals surface area contributed by atoms with Gasteiger partial charge in [-0.15, -0.1) is 0 Å². The topological polar surface area (TPSA) is 81.8 Å². The van der Waals surface area contributed by atoms with E-state index < -0.39 is 11.8 Å². The number of hydrogen-bond donors (Lipinski definition) is 2. The Kier molecular flexibility index (Phi) is 6.96. The van der Waals surface area contributed by atoms with Gasteiger partial charge in [-0.05, 0) is 67.9 Å². The molecule has 0 spiro atoms. The lowest BCUT2D eigenvalue weighted by Gasteiger charge is -2.21. The number of para-hydroxylation sites is 1. The Balaban J connectivity index is 1.72. The molecule has 1 aliphatic heterocycles. The summed E-state index contributed by atoms with van der Waals surface area (Å²) in [6, 6.07) is 23.5. The lowest BCUT2D eigenvalue weighted by molar-refractivity contribution is -0.120. The molecule has 3 amide bonds. The minimum atomic E-state index is -0.421. The highest BCUT2D eigenvalue weighted by molar-refractivity contribution is 6.46. The van der Waals surface area contributed by atoms with Gasteiger partial charge in [-0.2, -0.15) is 0 Å². The van der Waals surface area contributed by atoms with Crippen molar-refractivity contribution in [3.8, 4) is 0 Å². The quantitative estimate of drug-likeness (QED) is 0.460. The summed E-state index contributed by atoms with van der Waals surface area (Å²) < 4.78 is 0. The number of amides is 3. The van der Waals surface area contributed by atoms with Crippen molar-refractivity contribution in [2.45, 2.75) is 20.8 Å². The van der Waals surface area contributed by atoms with Crippen molar-refractivity contribution in [3.63, 3.8) is 0 Å². The predicted octanol–water partition coefficient (Wildman–Crippen LogP) is 4.89. The predicted molar refractivity (Wildman–Crippen MR) is 140 cm³/mol. The zero-order chi connectivity index (χ0) is 24.9. The molecule has 0 aromatic heterocycles. The van der Waals surface area contributed by atoms with Gasteiger partial charge < -0.3 is 15.5 Å². The number of nitrogens with one attached hydrogen (secondary N) is 2. The van der Waals surface area contributed by atoms with Crippen LogP contribution in [0.2, 0.25) is 0 Å². The number of carbonyl (C=O) groups excluding carboxylic acids is 3. The van der Waals surface area contributed by atoms with E-state index in [1.54, 1.807) is 48.5 Å². The fraction of sp³-hybridized carbons (Fsp3) is 0.179. The maximum absolute atomic E-state index is 13.5. The minimum Gasteiger partial charge on any atom is -0.372 e. The van der Waals surface area contributed by atoms with Gasteiger partial charge in [-0.25, -0.2) is 4.90 Å². The van der Waals surface area contributed by atoms with E-state index in [1.807, 2.05) is 30.3 Å². The van der Waals surface area contributed by atoms with Crippen molar-refractivity contribution in [2.75, 3.05) is 33.5 Å². The van der Waals surface area contributed by atoms with Crippen molar-refractivity contribution in [1.29, 1.82) is 0 Å². The lowest BCUT2D eigenvalue weighted by Crippen LogP contribution is -2.32. The molecule has 3 aromatic rings. The first-order valence-corrected chi connectivity index (χ1v) is 11.6. The summed E-state index contributed by atoms with van der Waals surface area (Å²) in [6.07, 6.45) is 0. The van der Waals surface area contributed by atoms with Crippen molar-refractivity contribution in [3.05, 3.63) is 90.1 Å². The van der Waals surface area contributed by atoms with Crippen LogP contribution in [0.1, 0.15) is 26.3 Å². The van der Waals surface area contributed by atoms with Crippen LogP contribution in [-0.4, -0.2) is 30.8 Å². The molecule has 0 atom stereocenters. The average Bonchev–Trinajstić information content (AvgIpc) is 3.10. The van der Waals surface area contributed by atoms with E-state index >= 15 is 0 Å². The first kappa shape index (κ1) is 23.8. The van der Waals surface area contributed by atoms with Crippen LogP contribution in [0.15, 0.2) is 84.6 Å². The van der Waals surface area contributed by atoms with Crippen molar-refractivity contribution in [1.82, 2.24) is 0 Å². The summed E-state index contributed by atoms with van der Waals surface area (Å²) in [5.41, 5.74) is 3.98. The van der Waals surface area contributed by atoms with Gasteiger partial charge in [0.15, 0.2) is 0 Å². The molecule has 0 unspecified atom stereocenters. The van der Waals surface area contributed by atoms with Crippen molar-refractivity contribution < 1.29 is 14.4 Å². The molecule has 0 radical (unpaired) electrons. The third kappa shape index (κ3) is 4.94. The van der Waals surface area contributed by atoms with Crippen LogP contribution >= 0.6 is 0 Å². The standard InChI is InChI=1S/C28H28N4O3/c1-4-31(5-2)23-17-15-22(16-18-23)30-26-25(20-11-13-21(14-12-20)29-19(3)33)27(34)32(28(26)35)24-9-7-6-8-10-24/h6-18,30H,4-5H2,1-3H3,(H,29,33). The normalized spacial score (nSPS) is 13.3. The Hall–Kier alpha value is -4.39. The van der Waals surface area contributed by atoms with E-state index in [2.05, 4.69) is 29.4 Å². The van der Waals surface area contributed by atoms with Gasteiger partial charge in [0.25, 0.3) is 11.8 Å². The number of carbonyl (C=O) groups is 3. The van der Waals surface area contributed by atoms with Gasteiger partial charge in [-0.3, -0.25) is 14.4 Å². The summed E-state index contributed by atoms with van der Waals surface area (Å²) in [5.74, 6) is -1.01. The molecule has 0 aliphatic carbocycles. The van der Waals surface area contributed by atoms with Crippen LogP contribution in [0.3, 0.4) is 0 Å². The highest BCUT2D eigenvalue weighted by atomic mass is 16.2. The minimum absolute atomic E-state index is 0.185. The number of imide groups is 1. The third-order valence-corrected chi connectivity index (χ3v) is 5.86. The van der Waals surface area contributed by atoms with Gasteiger partial charge in [0.05, 0.1) is 11.3 Å². The molecule has 2 N–H and O–H groups in total. The second-order valence-electron chi connectivity index (χ2n) is 8.13. The van der Waals surface area contributed by atoms with Crippen molar-refractivity contribution in [2.24, 2.45) is 0 Å². The summed E-state index contributed by atoms with van der Waals surface area (Å²) in [7, 11) is 0. The molecule has 1 aliphatic rings. The first-order valence-electron chi connectivity index (χ1n) is 11.6. The Morgan fingerprint density at radius 2 is 1.40 bits per heavy atom. The van der Waals surface area contributed by atoms with Gasteiger partial charge in [0.2, 0.25) is 5.91 Å². The van der Waals surface area contributed by atoms with Crippen LogP contribution in [0.4, 0.5) is 22.7 Å². The number of benzene rings is 3. The summed E-state index contributed by atoms with van der Waals surface area (Å²) in [5, 5.41) is 5.91. The summed E-state index contributed by atoms with van der Waals surface area (Å²) in [4.78, 5) is 41.8. The number of anilines is 4. The SMILES string of the molecule is CCN(CC)c1ccc(NC2=C(c3ccc(NC(C)=O)cc3)C(=O)N(c3ccccc3)C2=O)cc1. The molecular formula is C28H28N4O3. The van der Waals surface area contributed by atoms with Crippen LogP contribution in [-0.2, 0) is 14.4 Å².